The Balaban J connectivity index is 2.10. The van der Waals surface area contributed by atoms with Crippen LogP contribution in [0.5, 0.6) is 0 Å². The van der Waals surface area contributed by atoms with E-state index in [2.05, 4.69) is 10.3 Å². The van der Waals surface area contributed by atoms with Gasteiger partial charge in [-0.2, -0.15) is 0 Å². The molecule has 0 bridgehead atoms. The summed E-state index contributed by atoms with van der Waals surface area (Å²) in [5.74, 6) is -0.873. The van der Waals surface area contributed by atoms with Gasteiger partial charge in [-0.3, -0.25) is 5.01 Å². The van der Waals surface area contributed by atoms with Crippen molar-refractivity contribution in [3.63, 3.8) is 0 Å². The summed E-state index contributed by atoms with van der Waals surface area (Å²) in [5.41, 5.74) is 0.0764. The maximum atomic E-state index is 10.6. The molecule has 15 heavy (non-hydrogen) atoms. The predicted octanol–water partition coefficient (Wildman–Crippen LogP) is 1.31. The zero-order valence-electron chi connectivity index (χ0n) is 7.79. The molecule has 1 N–H and O–H groups in total. The molecule has 1 fully saturated rings. The molecule has 1 aromatic rings. The molecule has 0 amide bonds. The fraction of sp³-hybridized carbons (Fsp3) is 0.500. The van der Waals surface area contributed by atoms with Gasteiger partial charge in [-0.05, 0) is 6.42 Å². The van der Waals surface area contributed by atoms with Gasteiger partial charge in [-0.15, -0.1) is 16.2 Å². The average molecular weight is 227 g/mol. The summed E-state index contributed by atoms with van der Waals surface area (Å²) in [4.78, 5) is 24.9. The van der Waals surface area contributed by atoms with Crippen molar-refractivity contribution >= 4 is 17.3 Å². The maximum Gasteiger partial charge on any atom is 0.355 e. The maximum absolute atomic E-state index is 10.6. The van der Waals surface area contributed by atoms with Crippen LogP contribution in [0.2, 0.25) is 0 Å². The highest BCUT2D eigenvalue weighted by molar-refractivity contribution is 7.09. The van der Waals surface area contributed by atoms with Crippen LogP contribution < -0.4 is 0 Å². The Morgan fingerprint density at radius 2 is 2.53 bits per heavy atom. The molecule has 1 atom stereocenters. The lowest BCUT2D eigenvalue weighted by Crippen LogP contribution is -2.11. The first-order valence-electron chi connectivity index (χ1n) is 4.47. The lowest BCUT2D eigenvalue weighted by atomic mass is 10.1. The summed E-state index contributed by atoms with van der Waals surface area (Å²) < 4.78 is 0. The van der Waals surface area contributed by atoms with Crippen molar-refractivity contribution in [2.24, 2.45) is 5.29 Å². The number of hydrogen-bond donors (Lipinski definition) is 1. The lowest BCUT2D eigenvalue weighted by Gasteiger charge is -2.05. The van der Waals surface area contributed by atoms with Gasteiger partial charge in [0.25, 0.3) is 0 Å². The monoisotopic (exact) mass is 227 g/mol. The molecule has 7 heteroatoms. The molecular formula is C8H9N3O3S. The van der Waals surface area contributed by atoms with Crippen LogP contribution in [0.4, 0.5) is 0 Å². The molecule has 0 spiro atoms. The van der Waals surface area contributed by atoms with Gasteiger partial charge in [0.05, 0.1) is 10.3 Å². The highest BCUT2D eigenvalue weighted by atomic mass is 32.1. The number of nitroso groups, excluding NO2 is 1. The van der Waals surface area contributed by atoms with E-state index in [4.69, 9.17) is 5.11 Å². The number of hydrogen-bond acceptors (Lipinski definition) is 5. The molecule has 1 aromatic heterocycles. The van der Waals surface area contributed by atoms with Crippen molar-refractivity contribution in [2.45, 2.75) is 12.3 Å². The molecule has 0 aromatic carbocycles. The average Bonchev–Trinajstić information content (AvgIpc) is 2.86. The van der Waals surface area contributed by atoms with Gasteiger partial charge in [-0.25, -0.2) is 9.78 Å². The Morgan fingerprint density at radius 3 is 3.07 bits per heavy atom. The number of thiazole rings is 1. The van der Waals surface area contributed by atoms with E-state index in [1.54, 1.807) is 0 Å². The van der Waals surface area contributed by atoms with Crippen LogP contribution in [0, 0.1) is 4.91 Å². The Hall–Kier alpha value is -1.50. The SMILES string of the molecule is O=NN1CCC(c2nc(C(=O)O)cs2)C1. The number of nitrogens with zero attached hydrogens (tertiary/aromatic N) is 3. The number of rotatable bonds is 3. The van der Waals surface area contributed by atoms with E-state index in [1.807, 2.05) is 0 Å². The molecule has 6 nitrogen and oxygen atoms in total. The molecule has 2 heterocycles. The minimum Gasteiger partial charge on any atom is -0.476 e. The van der Waals surface area contributed by atoms with Crippen molar-refractivity contribution in [3.8, 4) is 0 Å². The van der Waals surface area contributed by atoms with Crippen LogP contribution in [0.1, 0.15) is 27.8 Å². The molecule has 1 unspecified atom stereocenters. The van der Waals surface area contributed by atoms with Gasteiger partial charge in [-0.1, -0.05) is 0 Å². The molecule has 2 rings (SSSR count). The van der Waals surface area contributed by atoms with Crippen LogP contribution >= 0.6 is 11.3 Å². The third kappa shape index (κ3) is 1.96. The molecular weight excluding hydrogens is 218 g/mol. The summed E-state index contributed by atoms with van der Waals surface area (Å²) >= 11 is 1.33. The van der Waals surface area contributed by atoms with Crippen molar-refractivity contribution in [2.75, 3.05) is 13.1 Å². The lowest BCUT2D eigenvalue weighted by molar-refractivity contribution is 0.0691. The van der Waals surface area contributed by atoms with Gasteiger partial charge in [0, 0.05) is 24.4 Å². The van der Waals surface area contributed by atoms with Gasteiger partial charge < -0.3 is 5.11 Å². The highest BCUT2D eigenvalue weighted by Crippen LogP contribution is 2.29. The topological polar surface area (TPSA) is 82.9 Å². The van der Waals surface area contributed by atoms with Crippen molar-refractivity contribution in [1.29, 1.82) is 0 Å². The minimum atomic E-state index is -1.01. The van der Waals surface area contributed by atoms with Gasteiger partial charge in [0.1, 0.15) is 0 Å². The van der Waals surface area contributed by atoms with E-state index in [0.717, 1.165) is 11.4 Å². The van der Waals surface area contributed by atoms with Crippen LogP contribution in [-0.2, 0) is 0 Å². The van der Waals surface area contributed by atoms with E-state index in [0.29, 0.717) is 13.1 Å². The summed E-state index contributed by atoms with van der Waals surface area (Å²) in [6.45, 7) is 1.16. The first kappa shape index (κ1) is 10.0. The molecule has 1 saturated heterocycles. The second-order valence-corrected chi connectivity index (χ2v) is 4.25. The summed E-state index contributed by atoms with van der Waals surface area (Å²) in [6.07, 6.45) is 0.804. The zero-order chi connectivity index (χ0) is 10.8. The molecule has 1 aliphatic rings. The Morgan fingerprint density at radius 1 is 1.73 bits per heavy atom. The first-order chi connectivity index (χ1) is 7.20. The van der Waals surface area contributed by atoms with Crippen LogP contribution in [0.15, 0.2) is 10.7 Å². The summed E-state index contributed by atoms with van der Waals surface area (Å²) in [7, 11) is 0. The summed E-state index contributed by atoms with van der Waals surface area (Å²) in [6, 6.07) is 0. The van der Waals surface area contributed by atoms with Gasteiger partial charge >= 0.3 is 5.97 Å². The van der Waals surface area contributed by atoms with E-state index in [9.17, 15) is 9.70 Å². The fourth-order valence-electron chi connectivity index (χ4n) is 1.59. The second kappa shape index (κ2) is 3.93. The predicted molar refractivity (Wildman–Crippen MR) is 53.8 cm³/mol. The van der Waals surface area contributed by atoms with Crippen LogP contribution in [0.25, 0.3) is 0 Å². The van der Waals surface area contributed by atoms with Crippen molar-refractivity contribution in [3.05, 3.63) is 21.0 Å². The number of aromatic carboxylic acids is 1. The highest BCUT2D eigenvalue weighted by Gasteiger charge is 2.26. The molecule has 1 aliphatic heterocycles. The number of carboxylic acid groups (broad SMARTS) is 1. The Labute approximate surface area is 89.5 Å². The van der Waals surface area contributed by atoms with Crippen LogP contribution in [0.3, 0.4) is 0 Å². The third-order valence-electron chi connectivity index (χ3n) is 2.37. The molecule has 0 radical (unpaired) electrons. The van der Waals surface area contributed by atoms with Gasteiger partial charge in [0.15, 0.2) is 5.69 Å². The van der Waals surface area contributed by atoms with Crippen molar-refractivity contribution < 1.29 is 9.90 Å². The number of aromatic nitrogens is 1. The fourth-order valence-corrected chi connectivity index (χ4v) is 2.51. The second-order valence-electron chi connectivity index (χ2n) is 3.36. The van der Waals surface area contributed by atoms with E-state index >= 15 is 0 Å². The van der Waals surface area contributed by atoms with E-state index in [1.165, 1.54) is 21.7 Å². The molecule has 0 aliphatic carbocycles. The zero-order valence-corrected chi connectivity index (χ0v) is 8.61. The smallest absolute Gasteiger partial charge is 0.355 e. The number of carbonyl (C=O) groups is 1. The largest absolute Gasteiger partial charge is 0.476 e. The Kier molecular flexibility index (Phi) is 2.63. The van der Waals surface area contributed by atoms with Crippen LogP contribution in [-0.4, -0.2) is 34.2 Å². The van der Waals surface area contributed by atoms with E-state index < -0.39 is 5.97 Å². The van der Waals surface area contributed by atoms with E-state index in [-0.39, 0.29) is 11.6 Å². The standard InChI is InChI=1S/C8H9N3O3S/c12-8(13)6-4-15-7(9-6)5-1-2-11(3-5)10-14/h4-5H,1-3H2,(H,12,13). The third-order valence-corrected chi connectivity index (χ3v) is 3.38. The first-order valence-corrected chi connectivity index (χ1v) is 5.35. The molecule has 0 saturated carbocycles. The Bertz CT molecular complexity index is 392. The van der Waals surface area contributed by atoms with Gasteiger partial charge in [0.2, 0.25) is 0 Å². The molecule has 80 valence electrons. The normalized spacial score (nSPS) is 20.5. The van der Waals surface area contributed by atoms with Crippen molar-refractivity contribution in [1.82, 2.24) is 9.99 Å². The summed E-state index contributed by atoms with van der Waals surface area (Å²) in [5, 5.41) is 15.3. The minimum absolute atomic E-state index is 0.0764. The number of carboxylic acids is 1. The quantitative estimate of drug-likeness (QED) is 0.787.